The average Bonchev–Trinajstić information content (AvgIpc) is 2.96. The average molecular weight is 270 g/mol. The molecule has 0 amide bonds. The molecular weight excluding hydrogens is 254 g/mol. The van der Waals surface area contributed by atoms with Gasteiger partial charge in [0, 0.05) is 12.6 Å². The fourth-order valence-corrected chi connectivity index (χ4v) is 2.12. The highest BCUT2D eigenvalue weighted by molar-refractivity contribution is 9.10. The van der Waals surface area contributed by atoms with Gasteiger partial charge in [0.2, 0.25) is 0 Å². The molecule has 0 saturated heterocycles. The highest BCUT2D eigenvalue weighted by Crippen LogP contribution is 2.51. The van der Waals surface area contributed by atoms with Gasteiger partial charge in [-0.15, -0.1) is 0 Å². The summed E-state index contributed by atoms with van der Waals surface area (Å²) in [5.74, 6) is 1.65. The number of halogens is 1. The zero-order valence-corrected chi connectivity index (χ0v) is 10.7. The molecule has 0 unspecified atom stereocenters. The van der Waals surface area contributed by atoms with Crippen molar-refractivity contribution in [1.82, 2.24) is 9.97 Å². The van der Waals surface area contributed by atoms with E-state index in [9.17, 15) is 0 Å². The molecule has 1 saturated carbocycles. The van der Waals surface area contributed by atoms with Gasteiger partial charge < -0.3 is 5.32 Å². The quantitative estimate of drug-likeness (QED) is 0.854. The van der Waals surface area contributed by atoms with Crippen LogP contribution in [0.4, 0.5) is 5.82 Å². The molecule has 0 spiro atoms. The molecule has 1 aliphatic carbocycles. The van der Waals surface area contributed by atoms with Gasteiger partial charge in [0.05, 0.1) is 0 Å². The lowest BCUT2D eigenvalue weighted by Crippen LogP contribution is -2.21. The van der Waals surface area contributed by atoms with Crippen LogP contribution in [0.15, 0.2) is 17.0 Å². The number of nitrogens with zero attached hydrogens (tertiary/aromatic N) is 2. The van der Waals surface area contributed by atoms with E-state index in [-0.39, 0.29) is 0 Å². The summed E-state index contributed by atoms with van der Waals surface area (Å²) in [5, 5.41) is 3.39. The Morgan fingerprint density at radius 3 is 2.73 bits per heavy atom. The lowest BCUT2D eigenvalue weighted by atomic mass is 9.92. The lowest BCUT2D eigenvalue weighted by Gasteiger charge is -2.20. The molecule has 0 bridgehead atoms. The maximum Gasteiger partial charge on any atom is 0.130 e. The van der Waals surface area contributed by atoms with E-state index >= 15 is 0 Å². The monoisotopic (exact) mass is 269 g/mol. The molecule has 2 rings (SSSR count). The van der Waals surface area contributed by atoms with Gasteiger partial charge in [-0.3, -0.25) is 0 Å². The Labute approximate surface area is 98.8 Å². The van der Waals surface area contributed by atoms with Crippen molar-refractivity contribution in [1.29, 1.82) is 0 Å². The Kier molecular flexibility index (Phi) is 2.96. The summed E-state index contributed by atoms with van der Waals surface area (Å²) in [6, 6.07) is 1.91. The maximum absolute atomic E-state index is 4.18. The minimum absolute atomic E-state index is 0.511. The number of rotatable bonds is 4. The fraction of sp³-hybridized carbons (Fsp3) is 0.636. The van der Waals surface area contributed by atoms with Crippen molar-refractivity contribution in [2.75, 3.05) is 11.9 Å². The predicted octanol–water partition coefficient (Wildman–Crippen LogP) is 3.09. The second-order valence-electron chi connectivity index (χ2n) is 4.60. The standard InChI is InChI=1S/C11H16BrN3/c1-8(2)11(3-4-11)6-13-10-5-9(12)14-7-15-10/h5,7-8H,3-4,6H2,1-2H3,(H,13,14,15). The first-order valence-electron chi connectivity index (χ1n) is 5.34. The van der Waals surface area contributed by atoms with Crippen LogP contribution in [0.1, 0.15) is 26.7 Å². The van der Waals surface area contributed by atoms with Crippen molar-refractivity contribution in [2.24, 2.45) is 11.3 Å². The van der Waals surface area contributed by atoms with E-state index in [2.05, 4.69) is 45.1 Å². The van der Waals surface area contributed by atoms with Crippen LogP contribution in [-0.4, -0.2) is 16.5 Å². The zero-order valence-electron chi connectivity index (χ0n) is 9.13. The van der Waals surface area contributed by atoms with Crippen LogP contribution in [0.3, 0.4) is 0 Å². The zero-order chi connectivity index (χ0) is 10.9. The normalized spacial score (nSPS) is 17.9. The molecule has 1 aromatic heterocycles. The van der Waals surface area contributed by atoms with Crippen LogP contribution in [0, 0.1) is 11.3 Å². The maximum atomic E-state index is 4.18. The topological polar surface area (TPSA) is 37.8 Å². The molecule has 0 aromatic carbocycles. The number of aromatic nitrogens is 2. The van der Waals surface area contributed by atoms with Gasteiger partial charge in [0.25, 0.3) is 0 Å². The minimum Gasteiger partial charge on any atom is -0.369 e. The third-order valence-electron chi connectivity index (χ3n) is 3.37. The van der Waals surface area contributed by atoms with Gasteiger partial charge in [-0.1, -0.05) is 13.8 Å². The van der Waals surface area contributed by atoms with Crippen LogP contribution in [0.2, 0.25) is 0 Å². The van der Waals surface area contributed by atoms with Crippen molar-refractivity contribution < 1.29 is 0 Å². The fourth-order valence-electron chi connectivity index (χ4n) is 1.82. The molecule has 1 N–H and O–H groups in total. The van der Waals surface area contributed by atoms with Gasteiger partial charge in [0.1, 0.15) is 16.7 Å². The molecule has 1 heterocycles. The molecule has 82 valence electrons. The predicted molar refractivity (Wildman–Crippen MR) is 64.7 cm³/mol. The smallest absolute Gasteiger partial charge is 0.130 e. The van der Waals surface area contributed by atoms with E-state index in [1.807, 2.05) is 6.07 Å². The Morgan fingerprint density at radius 1 is 1.47 bits per heavy atom. The van der Waals surface area contributed by atoms with Gasteiger partial charge in [-0.2, -0.15) is 0 Å². The van der Waals surface area contributed by atoms with E-state index in [4.69, 9.17) is 0 Å². The van der Waals surface area contributed by atoms with Gasteiger partial charge in [-0.25, -0.2) is 9.97 Å². The van der Waals surface area contributed by atoms with Crippen molar-refractivity contribution >= 4 is 21.7 Å². The summed E-state index contributed by atoms with van der Waals surface area (Å²) >= 11 is 3.34. The molecule has 0 atom stereocenters. The molecule has 1 aliphatic rings. The molecule has 0 aliphatic heterocycles. The first kappa shape index (κ1) is 10.9. The number of anilines is 1. The van der Waals surface area contributed by atoms with Crippen molar-refractivity contribution in [3.63, 3.8) is 0 Å². The largest absolute Gasteiger partial charge is 0.369 e. The number of hydrogen-bond donors (Lipinski definition) is 1. The van der Waals surface area contributed by atoms with Crippen LogP contribution < -0.4 is 5.32 Å². The number of nitrogens with one attached hydrogen (secondary N) is 1. The van der Waals surface area contributed by atoms with E-state index in [1.165, 1.54) is 12.8 Å². The van der Waals surface area contributed by atoms with Crippen LogP contribution in [0.5, 0.6) is 0 Å². The summed E-state index contributed by atoms with van der Waals surface area (Å²) in [7, 11) is 0. The molecule has 3 nitrogen and oxygen atoms in total. The summed E-state index contributed by atoms with van der Waals surface area (Å²) in [6.45, 7) is 5.61. The SMILES string of the molecule is CC(C)C1(CNc2cc(Br)ncn2)CC1. The Hall–Kier alpha value is -0.640. The summed E-state index contributed by atoms with van der Waals surface area (Å²) in [6.07, 6.45) is 4.25. The van der Waals surface area contributed by atoms with Gasteiger partial charge >= 0.3 is 0 Å². The summed E-state index contributed by atoms with van der Waals surface area (Å²) < 4.78 is 0.828. The van der Waals surface area contributed by atoms with Crippen LogP contribution >= 0.6 is 15.9 Å². The van der Waals surface area contributed by atoms with Crippen LogP contribution in [-0.2, 0) is 0 Å². The molecule has 1 fully saturated rings. The molecule has 4 heteroatoms. The molecular formula is C11H16BrN3. The van der Waals surface area contributed by atoms with Crippen LogP contribution in [0.25, 0.3) is 0 Å². The second-order valence-corrected chi connectivity index (χ2v) is 5.41. The lowest BCUT2D eigenvalue weighted by molar-refractivity contribution is 0.380. The highest BCUT2D eigenvalue weighted by atomic mass is 79.9. The van der Waals surface area contributed by atoms with E-state index in [1.54, 1.807) is 6.33 Å². The van der Waals surface area contributed by atoms with Crippen molar-refractivity contribution in [3.8, 4) is 0 Å². The Bertz CT molecular complexity index is 347. The molecule has 15 heavy (non-hydrogen) atoms. The minimum atomic E-state index is 0.511. The van der Waals surface area contributed by atoms with E-state index < -0.39 is 0 Å². The third-order valence-corrected chi connectivity index (χ3v) is 3.81. The molecule has 1 aromatic rings. The summed E-state index contributed by atoms with van der Waals surface area (Å²) in [5.41, 5.74) is 0.511. The van der Waals surface area contributed by atoms with Crippen molar-refractivity contribution in [3.05, 3.63) is 17.0 Å². The number of hydrogen-bond acceptors (Lipinski definition) is 3. The highest BCUT2D eigenvalue weighted by Gasteiger charge is 2.44. The van der Waals surface area contributed by atoms with Crippen molar-refractivity contribution in [2.45, 2.75) is 26.7 Å². The Balaban J connectivity index is 1.94. The second kappa shape index (κ2) is 4.08. The summed E-state index contributed by atoms with van der Waals surface area (Å²) in [4.78, 5) is 8.18. The van der Waals surface area contributed by atoms with Gasteiger partial charge in [0.15, 0.2) is 0 Å². The van der Waals surface area contributed by atoms with E-state index in [0.717, 1.165) is 22.9 Å². The third kappa shape index (κ3) is 2.48. The first-order chi connectivity index (χ1) is 7.12. The Morgan fingerprint density at radius 2 is 2.20 bits per heavy atom. The first-order valence-corrected chi connectivity index (χ1v) is 6.13. The van der Waals surface area contributed by atoms with Gasteiger partial charge in [-0.05, 0) is 40.1 Å². The molecule has 0 radical (unpaired) electrons. The van der Waals surface area contributed by atoms with E-state index in [0.29, 0.717) is 5.41 Å².